The van der Waals surface area contributed by atoms with E-state index >= 15 is 0 Å². The summed E-state index contributed by atoms with van der Waals surface area (Å²) in [5, 5.41) is 0. The highest BCUT2D eigenvalue weighted by molar-refractivity contribution is 5.84. The number of methoxy groups -OCH3 is 2. The third-order valence-electron chi connectivity index (χ3n) is 6.72. The van der Waals surface area contributed by atoms with Gasteiger partial charge in [-0.1, -0.05) is 12.1 Å². The molecule has 0 amide bonds. The summed E-state index contributed by atoms with van der Waals surface area (Å²) in [5.74, 6) is -0.705. The number of rotatable bonds is 4. The Morgan fingerprint density at radius 1 is 0.871 bits per heavy atom. The van der Waals surface area contributed by atoms with Gasteiger partial charge in [0.2, 0.25) is 0 Å². The number of hydrogen-bond donors (Lipinski definition) is 0. The molecule has 0 saturated carbocycles. The van der Waals surface area contributed by atoms with Crippen LogP contribution >= 0.6 is 0 Å². The summed E-state index contributed by atoms with van der Waals surface area (Å²) in [6.07, 6.45) is 3.73. The first kappa shape index (κ1) is 21.4. The van der Waals surface area contributed by atoms with Gasteiger partial charge in [-0.3, -0.25) is 24.5 Å². The van der Waals surface area contributed by atoms with Crippen molar-refractivity contribution in [3.8, 4) is 0 Å². The molecule has 2 saturated heterocycles. The third kappa shape index (κ3) is 3.21. The molecule has 2 aliphatic rings. The van der Waals surface area contributed by atoms with Gasteiger partial charge in [0.05, 0.1) is 37.7 Å². The van der Waals surface area contributed by atoms with Gasteiger partial charge < -0.3 is 14.4 Å². The van der Waals surface area contributed by atoms with Crippen LogP contribution in [0.2, 0.25) is 0 Å². The highest BCUT2D eigenvalue weighted by Crippen LogP contribution is 2.62. The average molecular weight is 425 g/mol. The first-order valence-electron chi connectivity index (χ1n) is 10.3. The van der Waals surface area contributed by atoms with Gasteiger partial charge in [-0.25, -0.2) is 0 Å². The molecule has 0 N–H and O–H groups in total. The smallest absolute Gasteiger partial charge is 0.315 e. The first-order chi connectivity index (χ1) is 14.9. The second-order valence-electron chi connectivity index (χ2n) is 8.62. The molecule has 0 aromatic carbocycles. The van der Waals surface area contributed by atoms with Crippen molar-refractivity contribution >= 4 is 11.9 Å². The van der Waals surface area contributed by atoms with Gasteiger partial charge in [0.25, 0.3) is 0 Å². The molecule has 2 aromatic heterocycles. The normalized spacial score (nSPS) is 31.1. The van der Waals surface area contributed by atoms with E-state index in [-0.39, 0.29) is 18.4 Å². The Kier molecular flexibility index (Phi) is 5.53. The Morgan fingerprint density at radius 2 is 1.32 bits per heavy atom. The lowest BCUT2D eigenvalue weighted by atomic mass is 9.55. The van der Waals surface area contributed by atoms with Crippen LogP contribution in [0.1, 0.15) is 29.9 Å². The second kappa shape index (κ2) is 8.01. The fourth-order valence-corrected chi connectivity index (χ4v) is 5.95. The van der Waals surface area contributed by atoms with E-state index in [2.05, 4.69) is 14.9 Å². The van der Waals surface area contributed by atoms with Crippen LogP contribution in [0.25, 0.3) is 0 Å². The highest BCUT2D eigenvalue weighted by atomic mass is 16.5. The number of nitrogens with zero attached hydrogens (tertiary/aromatic N) is 4. The van der Waals surface area contributed by atoms with Crippen LogP contribution in [0.15, 0.2) is 48.8 Å². The van der Waals surface area contributed by atoms with Crippen molar-refractivity contribution in [3.05, 3.63) is 60.2 Å². The molecule has 2 aromatic rings. The van der Waals surface area contributed by atoms with Crippen molar-refractivity contribution in [2.45, 2.75) is 18.5 Å². The minimum absolute atomic E-state index is 0.288. The molecule has 2 unspecified atom stereocenters. The largest absolute Gasteiger partial charge is 0.468 e. The lowest BCUT2D eigenvalue weighted by molar-refractivity contribution is -0.205. The van der Waals surface area contributed by atoms with E-state index in [0.29, 0.717) is 13.1 Å². The summed E-state index contributed by atoms with van der Waals surface area (Å²) in [5.41, 5.74) is -0.482. The molecule has 0 aliphatic carbocycles. The zero-order chi connectivity index (χ0) is 22.2. The predicted octanol–water partition coefficient (Wildman–Crippen LogP) is 1.86. The summed E-state index contributed by atoms with van der Waals surface area (Å²) in [6, 6.07) is 10.5. The van der Waals surface area contributed by atoms with Crippen molar-refractivity contribution in [2.24, 2.45) is 10.8 Å². The monoisotopic (exact) mass is 424 g/mol. The number of carbonyl (C=O) groups is 2. The minimum atomic E-state index is -0.996. The van der Waals surface area contributed by atoms with E-state index in [0.717, 1.165) is 11.4 Å². The van der Waals surface area contributed by atoms with Crippen molar-refractivity contribution < 1.29 is 19.1 Å². The first-order valence-corrected chi connectivity index (χ1v) is 10.3. The minimum Gasteiger partial charge on any atom is -0.468 e. The number of pyridine rings is 2. The van der Waals surface area contributed by atoms with Crippen molar-refractivity contribution in [2.75, 3.05) is 41.4 Å². The predicted molar refractivity (Wildman–Crippen MR) is 113 cm³/mol. The fraction of sp³-hybridized carbons (Fsp3) is 0.478. The number of hydrogen-bond acceptors (Lipinski definition) is 8. The summed E-state index contributed by atoms with van der Waals surface area (Å²) >= 11 is 0. The molecule has 0 radical (unpaired) electrons. The summed E-state index contributed by atoms with van der Waals surface area (Å²) < 4.78 is 10.7. The number of aromatic nitrogens is 2. The maximum absolute atomic E-state index is 13.4. The van der Waals surface area contributed by atoms with Crippen LogP contribution < -0.4 is 0 Å². The van der Waals surface area contributed by atoms with Crippen LogP contribution in [0.5, 0.6) is 0 Å². The summed E-state index contributed by atoms with van der Waals surface area (Å²) in [6.45, 7) is 0.887. The highest BCUT2D eigenvalue weighted by Gasteiger charge is 2.68. The number of ether oxygens (including phenoxy) is 2. The Morgan fingerprint density at radius 3 is 1.68 bits per heavy atom. The van der Waals surface area contributed by atoms with E-state index < -0.39 is 22.9 Å². The SMILES string of the molecule is COC(=O)C12CN(C)CC(C(=O)OC)(C1)[C@@H](c1ccccn1)N(C)[C@H]2c1ccccn1. The Hall–Kier alpha value is -2.84. The van der Waals surface area contributed by atoms with Gasteiger partial charge >= 0.3 is 11.9 Å². The molecule has 4 atom stereocenters. The zero-order valence-electron chi connectivity index (χ0n) is 18.3. The molecule has 8 heteroatoms. The number of piperidine rings is 2. The van der Waals surface area contributed by atoms with Crippen LogP contribution in [0.3, 0.4) is 0 Å². The van der Waals surface area contributed by atoms with Crippen molar-refractivity contribution in [1.29, 1.82) is 0 Å². The second-order valence-corrected chi connectivity index (χ2v) is 8.62. The third-order valence-corrected chi connectivity index (χ3v) is 6.72. The van der Waals surface area contributed by atoms with E-state index in [1.807, 2.05) is 55.4 Å². The summed E-state index contributed by atoms with van der Waals surface area (Å²) in [4.78, 5) is 40.1. The standard InChI is InChI=1S/C23H28N4O4/c1-26-14-22(20(28)30-3)13-23(15-26,21(29)31-4)19(17-10-6-8-12-25-17)27(2)18(22)16-9-5-7-11-24-16/h5-12,18-19H,13-15H2,1-4H3/t18-,19+,22?,23?. The molecule has 0 spiro atoms. The van der Waals surface area contributed by atoms with Gasteiger partial charge in [0, 0.05) is 25.5 Å². The Bertz CT molecular complexity index is 881. The zero-order valence-corrected chi connectivity index (χ0v) is 18.3. The maximum Gasteiger partial charge on any atom is 0.315 e. The van der Waals surface area contributed by atoms with Gasteiger partial charge in [0.15, 0.2) is 0 Å². The van der Waals surface area contributed by atoms with E-state index in [1.165, 1.54) is 14.2 Å². The molecular weight excluding hydrogens is 396 g/mol. The summed E-state index contributed by atoms with van der Waals surface area (Å²) in [7, 11) is 6.64. The van der Waals surface area contributed by atoms with Crippen LogP contribution in [-0.4, -0.2) is 73.1 Å². The van der Waals surface area contributed by atoms with E-state index in [4.69, 9.17) is 9.47 Å². The molecule has 2 aliphatic heterocycles. The molecule has 4 rings (SSSR count). The maximum atomic E-state index is 13.4. The number of likely N-dealkylation sites (tertiary alicyclic amines) is 2. The average Bonchev–Trinajstić information content (AvgIpc) is 2.78. The van der Waals surface area contributed by atoms with Crippen LogP contribution in [0.4, 0.5) is 0 Å². The number of fused-ring (bicyclic) bond motifs is 2. The molecule has 2 fully saturated rings. The molecule has 31 heavy (non-hydrogen) atoms. The van der Waals surface area contributed by atoms with E-state index in [9.17, 15) is 9.59 Å². The molecular formula is C23H28N4O4. The van der Waals surface area contributed by atoms with Gasteiger partial charge in [-0.2, -0.15) is 0 Å². The van der Waals surface area contributed by atoms with Crippen LogP contribution in [0, 0.1) is 10.8 Å². The fourth-order valence-electron chi connectivity index (χ4n) is 5.95. The molecule has 8 nitrogen and oxygen atoms in total. The lowest BCUT2D eigenvalue weighted by Crippen LogP contribution is -2.69. The van der Waals surface area contributed by atoms with Gasteiger partial charge in [-0.15, -0.1) is 0 Å². The molecule has 164 valence electrons. The lowest BCUT2D eigenvalue weighted by Gasteiger charge is -2.61. The van der Waals surface area contributed by atoms with Crippen molar-refractivity contribution in [1.82, 2.24) is 19.8 Å². The Labute approximate surface area is 182 Å². The van der Waals surface area contributed by atoms with E-state index in [1.54, 1.807) is 12.4 Å². The van der Waals surface area contributed by atoms with Gasteiger partial charge in [-0.05, 0) is 44.8 Å². The number of esters is 2. The topological polar surface area (TPSA) is 84.9 Å². The van der Waals surface area contributed by atoms with Crippen molar-refractivity contribution in [3.63, 3.8) is 0 Å². The molecule has 2 bridgehead atoms. The van der Waals surface area contributed by atoms with Gasteiger partial charge in [0.1, 0.15) is 10.8 Å². The quantitative estimate of drug-likeness (QED) is 0.688. The Balaban J connectivity index is 1.99. The number of carbonyl (C=O) groups excluding carboxylic acids is 2. The molecule has 4 heterocycles. The van der Waals surface area contributed by atoms with Crippen LogP contribution in [-0.2, 0) is 19.1 Å².